The van der Waals surface area contributed by atoms with Gasteiger partial charge in [-0.15, -0.1) is 0 Å². The maximum absolute atomic E-state index is 14.3. The van der Waals surface area contributed by atoms with Crippen LogP contribution in [0.4, 0.5) is 8.78 Å². The van der Waals surface area contributed by atoms with Gasteiger partial charge in [-0.1, -0.05) is 18.2 Å². The van der Waals surface area contributed by atoms with Crippen molar-refractivity contribution in [1.29, 1.82) is 0 Å². The van der Waals surface area contributed by atoms with Crippen LogP contribution in [0.2, 0.25) is 0 Å². The highest BCUT2D eigenvalue weighted by Gasteiger charge is 2.10. The SMILES string of the molecule is CCN(Cc1cccc(F)c1)C(=O)/C=C/c1ccc(Oc2cccnc2)c(F)c1. The maximum Gasteiger partial charge on any atom is 0.246 e. The molecule has 0 radical (unpaired) electrons. The Morgan fingerprint density at radius 2 is 2.00 bits per heavy atom. The first kappa shape index (κ1) is 20.2. The number of ether oxygens (including phenoxy) is 1. The van der Waals surface area contributed by atoms with Crippen LogP contribution in [0.1, 0.15) is 18.1 Å². The Morgan fingerprint density at radius 1 is 1.14 bits per heavy atom. The molecule has 0 saturated carbocycles. The lowest BCUT2D eigenvalue weighted by Gasteiger charge is -2.19. The van der Waals surface area contributed by atoms with Gasteiger partial charge in [-0.25, -0.2) is 8.78 Å². The van der Waals surface area contributed by atoms with Crippen LogP contribution in [0, 0.1) is 11.6 Å². The Bertz CT molecular complexity index is 1010. The highest BCUT2D eigenvalue weighted by atomic mass is 19.1. The van der Waals surface area contributed by atoms with Crippen molar-refractivity contribution in [1.82, 2.24) is 9.88 Å². The first-order chi connectivity index (χ1) is 14.0. The second-order valence-corrected chi connectivity index (χ2v) is 6.30. The molecule has 3 aromatic rings. The first-order valence-corrected chi connectivity index (χ1v) is 9.14. The highest BCUT2D eigenvalue weighted by molar-refractivity contribution is 5.91. The normalized spacial score (nSPS) is 10.9. The van der Waals surface area contributed by atoms with Crippen molar-refractivity contribution in [3.8, 4) is 11.5 Å². The van der Waals surface area contributed by atoms with Gasteiger partial charge in [0.05, 0.1) is 6.20 Å². The lowest BCUT2D eigenvalue weighted by atomic mass is 10.1. The number of carbonyl (C=O) groups excluding carboxylic acids is 1. The third-order valence-electron chi connectivity index (χ3n) is 4.19. The fraction of sp³-hybridized carbons (Fsp3) is 0.130. The zero-order valence-electron chi connectivity index (χ0n) is 15.9. The molecule has 1 amide bonds. The number of hydrogen-bond acceptors (Lipinski definition) is 3. The molecule has 4 nitrogen and oxygen atoms in total. The molecule has 0 spiro atoms. The molecule has 2 aromatic carbocycles. The van der Waals surface area contributed by atoms with Crippen molar-refractivity contribution in [3.05, 3.63) is 95.8 Å². The Kier molecular flexibility index (Phi) is 6.68. The molecule has 0 aliphatic heterocycles. The molecule has 0 N–H and O–H groups in total. The molecule has 29 heavy (non-hydrogen) atoms. The summed E-state index contributed by atoms with van der Waals surface area (Å²) in [5, 5.41) is 0. The van der Waals surface area contributed by atoms with E-state index >= 15 is 0 Å². The molecule has 0 fully saturated rings. The van der Waals surface area contributed by atoms with E-state index in [-0.39, 0.29) is 17.5 Å². The van der Waals surface area contributed by atoms with Gasteiger partial charge in [0.15, 0.2) is 11.6 Å². The minimum absolute atomic E-state index is 0.0720. The number of aromatic nitrogens is 1. The minimum Gasteiger partial charge on any atom is -0.453 e. The van der Waals surface area contributed by atoms with Crippen molar-refractivity contribution in [3.63, 3.8) is 0 Å². The van der Waals surface area contributed by atoms with E-state index < -0.39 is 5.82 Å². The lowest BCUT2D eigenvalue weighted by molar-refractivity contribution is -0.126. The van der Waals surface area contributed by atoms with Gasteiger partial charge in [-0.2, -0.15) is 0 Å². The van der Waals surface area contributed by atoms with E-state index in [0.29, 0.717) is 30.0 Å². The summed E-state index contributed by atoms with van der Waals surface area (Å²) in [5.41, 5.74) is 1.23. The third kappa shape index (κ3) is 5.72. The van der Waals surface area contributed by atoms with E-state index in [0.717, 1.165) is 0 Å². The zero-order valence-corrected chi connectivity index (χ0v) is 15.9. The average Bonchev–Trinajstić information content (AvgIpc) is 2.73. The molecule has 0 aliphatic carbocycles. The van der Waals surface area contributed by atoms with Crippen LogP contribution in [0.3, 0.4) is 0 Å². The van der Waals surface area contributed by atoms with Gasteiger partial charge in [0.1, 0.15) is 11.6 Å². The van der Waals surface area contributed by atoms with Crippen LogP contribution in [0.5, 0.6) is 11.5 Å². The summed E-state index contributed by atoms with van der Waals surface area (Å²) in [6.45, 7) is 2.60. The molecular weight excluding hydrogens is 374 g/mol. The molecule has 148 valence electrons. The first-order valence-electron chi connectivity index (χ1n) is 9.14. The molecule has 6 heteroatoms. The van der Waals surface area contributed by atoms with E-state index in [1.165, 1.54) is 42.6 Å². The summed E-state index contributed by atoms with van der Waals surface area (Å²) in [7, 11) is 0. The van der Waals surface area contributed by atoms with E-state index in [2.05, 4.69) is 4.98 Å². The molecule has 1 aromatic heterocycles. The van der Waals surface area contributed by atoms with Crippen LogP contribution in [-0.4, -0.2) is 22.3 Å². The Hall–Kier alpha value is -3.54. The number of carbonyl (C=O) groups is 1. The zero-order chi connectivity index (χ0) is 20.6. The topological polar surface area (TPSA) is 42.4 Å². The smallest absolute Gasteiger partial charge is 0.246 e. The van der Waals surface area contributed by atoms with Gasteiger partial charge in [0.2, 0.25) is 5.91 Å². The second kappa shape index (κ2) is 9.59. The van der Waals surface area contributed by atoms with Crippen LogP contribution in [-0.2, 0) is 11.3 Å². The van der Waals surface area contributed by atoms with Crippen molar-refractivity contribution in [2.24, 2.45) is 0 Å². The number of halogens is 2. The van der Waals surface area contributed by atoms with E-state index in [9.17, 15) is 13.6 Å². The minimum atomic E-state index is -0.546. The number of benzene rings is 2. The van der Waals surface area contributed by atoms with Crippen molar-refractivity contribution in [2.75, 3.05) is 6.54 Å². The van der Waals surface area contributed by atoms with Gasteiger partial charge < -0.3 is 9.64 Å². The number of nitrogens with zero attached hydrogens (tertiary/aromatic N) is 2. The molecule has 0 atom stereocenters. The van der Waals surface area contributed by atoms with Gasteiger partial charge in [-0.3, -0.25) is 9.78 Å². The summed E-state index contributed by atoms with van der Waals surface area (Å²) in [5.74, 6) is -0.627. The molecule has 0 saturated heterocycles. The number of rotatable bonds is 7. The fourth-order valence-corrected chi connectivity index (χ4v) is 2.71. The number of likely N-dealkylation sites (N-methyl/N-ethyl adjacent to an activating group) is 1. The quantitative estimate of drug-likeness (QED) is 0.517. The standard InChI is InChI=1S/C23H20F2N2O2/c1-2-27(16-18-5-3-6-19(24)13-18)23(28)11-9-17-8-10-22(21(25)14-17)29-20-7-4-12-26-15-20/h3-15H,2,16H2,1H3/b11-9+. The largest absolute Gasteiger partial charge is 0.453 e. The predicted octanol–water partition coefficient (Wildman–Crippen LogP) is 5.21. The fourth-order valence-electron chi connectivity index (χ4n) is 2.71. The van der Waals surface area contributed by atoms with Crippen molar-refractivity contribution >= 4 is 12.0 Å². The maximum atomic E-state index is 14.3. The monoisotopic (exact) mass is 394 g/mol. The Balaban J connectivity index is 1.66. The summed E-state index contributed by atoms with van der Waals surface area (Å²) < 4.78 is 33.1. The summed E-state index contributed by atoms with van der Waals surface area (Å²) >= 11 is 0. The molecule has 0 aliphatic rings. The van der Waals surface area contributed by atoms with Gasteiger partial charge in [0.25, 0.3) is 0 Å². The van der Waals surface area contributed by atoms with Crippen molar-refractivity contribution < 1.29 is 18.3 Å². The summed E-state index contributed by atoms with van der Waals surface area (Å²) in [6, 6.07) is 13.9. The Labute approximate surface area is 168 Å². The van der Waals surface area contributed by atoms with Crippen LogP contribution < -0.4 is 4.74 Å². The van der Waals surface area contributed by atoms with Crippen molar-refractivity contribution in [2.45, 2.75) is 13.5 Å². The van der Waals surface area contributed by atoms with E-state index in [1.54, 1.807) is 41.4 Å². The lowest BCUT2D eigenvalue weighted by Crippen LogP contribution is -2.28. The number of amides is 1. The number of hydrogen-bond donors (Lipinski definition) is 0. The predicted molar refractivity (Wildman–Crippen MR) is 107 cm³/mol. The third-order valence-corrected chi connectivity index (χ3v) is 4.19. The van der Waals surface area contributed by atoms with E-state index in [4.69, 9.17) is 4.74 Å². The summed E-state index contributed by atoms with van der Waals surface area (Å²) in [6.07, 6.45) is 6.00. The van der Waals surface area contributed by atoms with Crippen LogP contribution in [0.25, 0.3) is 6.08 Å². The molecule has 1 heterocycles. The summed E-state index contributed by atoms with van der Waals surface area (Å²) in [4.78, 5) is 17.9. The molecular formula is C23H20F2N2O2. The highest BCUT2D eigenvalue weighted by Crippen LogP contribution is 2.24. The molecule has 0 unspecified atom stereocenters. The van der Waals surface area contributed by atoms with Gasteiger partial charge >= 0.3 is 0 Å². The van der Waals surface area contributed by atoms with E-state index in [1.807, 2.05) is 6.92 Å². The molecule has 3 rings (SSSR count). The van der Waals surface area contributed by atoms with Crippen LogP contribution >= 0.6 is 0 Å². The number of pyridine rings is 1. The average molecular weight is 394 g/mol. The van der Waals surface area contributed by atoms with Gasteiger partial charge in [-0.05, 0) is 60.5 Å². The second-order valence-electron chi connectivity index (χ2n) is 6.30. The van der Waals surface area contributed by atoms with Gasteiger partial charge in [0, 0.05) is 25.4 Å². The Morgan fingerprint density at radius 3 is 2.69 bits per heavy atom. The molecule has 0 bridgehead atoms. The van der Waals surface area contributed by atoms with Crippen LogP contribution in [0.15, 0.2) is 73.1 Å².